The topological polar surface area (TPSA) is 24.5 Å². The van der Waals surface area contributed by atoms with Gasteiger partial charge in [0.2, 0.25) is 0 Å². The average Bonchev–Trinajstić information content (AvgIpc) is 2.94. The Hall–Kier alpha value is -0.900. The summed E-state index contributed by atoms with van der Waals surface area (Å²) in [5.74, 6) is 0. The van der Waals surface area contributed by atoms with Gasteiger partial charge in [0, 0.05) is 26.2 Å². The van der Waals surface area contributed by atoms with Crippen molar-refractivity contribution in [2.45, 2.75) is 45.4 Å². The lowest BCUT2D eigenvalue weighted by atomic mass is 10.1. The second-order valence-corrected chi connectivity index (χ2v) is 5.83. The monoisotopic (exact) mass is 276 g/mol. The zero-order chi connectivity index (χ0) is 14.2. The van der Waals surface area contributed by atoms with Gasteiger partial charge >= 0.3 is 0 Å². The van der Waals surface area contributed by atoms with Gasteiger partial charge in [0.25, 0.3) is 0 Å². The van der Waals surface area contributed by atoms with E-state index in [1.54, 1.807) is 0 Å². The predicted octanol–water partition coefficient (Wildman–Crippen LogP) is 2.80. The average molecular weight is 276 g/mol. The molecular weight excluding hydrogens is 248 g/mol. The van der Waals surface area contributed by atoms with Crippen LogP contribution in [-0.4, -0.2) is 37.7 Å². The fourth-order valence-electron chi connectivity index (χ4n) is 2.68. The largest absolute Gasteiger partial charge is 0.377 e. The fraction of sp³-hybridized carbons (Fsp3) is 0.647. The van der Waals surface area contributed by atoms with Crippen LogP contribution in [0.15, 0.2) is 24.3 Å². The maximum absolute atomic E-state index is 5.69. The molecule has 0 aliphatic carbocycles. The molecule has 3 nitrogen and oxygen atoms in total. The molecular formula is C17H28N2O. The second kappa shape index (κ2) is 8.40. The van der Waals surface area contributed by atoms with E-state index in [9.17, 15) is 0 Å². The Bertz CT molecular complexity index is 371. The van der Waals surface area contributed by atoms with Crippen LogP contribution < -0.4 is 5.32 Å². The number of rotatable bonds is 8. The summed E-state index contributed by atoms with van der Waals surface area (Å²) in [5.41, 5.74) is 2.74. The van der Waals surface area contributed by atoms with Crippen LogP contribution in [-0.2, 0) is 17.8 Å². The highest BCUT2D eigenvalue weighted by atomic mass is 16.5. The summed E-state index contributed by atoms with van der Waals surface area (Å²) in [6.45, 7) is 7.24. The van der Waals surface area contributed by atoms with Crippen LogP contribution in [0.25, 0.3) is 0 Å². The molecule has 1 aliphatic heterocycles. The molecule has 1 heterocycles. The van der Waals surface area contributed by atoms with E-state index in [1.807, 2.05) is 0 Å². The number of likely N-dealkylation sites (N-methyl/N-ethyl adjacent to an activating group) is 1. The minimum atomic E-state index is 0.442. The van der Waals surface area contributed by atoms with Crippen molar-refractivity contribution in [3.05, 3.63) is 35.4 Å². The van der Waals surface area contributed by atoms with Crippen molar-refractivity contribution in [1.82, 2.24) is 10.2 Å². The van der Waals surface area contributed by atoms with Gasteiger partial charge in [0.15, 0.2) is 0 Å². The van der Waals surface area contributed by atoms with Crippen LogP contribution >= 0.6 is 0 Å². The Kier molecular flexibility index (Phi) is 6.51. The second-order valence-electron chi connectivity index (χ2n) is 5.83. The van der Waals surface area contributed by atoms with Crippen LogP contribution in [0, 0.1) is 0 Å². The quantitative estimate of drug-likeness (QED) is 0.739. The molecule has 0 saturated carbocycles. The fourth-order valence-corrected chi connectivity index (χ4v) is 2.68. The van der Waals surface area contributed by atoms with Crippen LogP contribution in [0.2, 0.25) is 0 Å². The summed E-state index contributed by atoms with van der Waals surface area (Å²) < 4.78 is 5.69. The zero-order valence-electron chi connectivity index (χ0n) is 12.9. The van der Waals surface area contributed by atoms with Gasteiger partial charge in [-0.25, -0.2) is 0 Å². The maximum atomic E-state index is 5.69. The lowest BCUT2D eigenvalue weighted by Crippen LogP contribution is -2.28. The molecule has 3 heteroatoms. The highest BCUT2D eigenvalue weighted by Gasteiger charge is 2.17. The number of benzene rings is 1. The van der Waals surface area contributed by atoms with Gasteiger partial charge in [-0.1, -0.05) is 31.2 Å². The first-order valence-corrected chi connectivity index (χ1v) is 7.86. The molecule has 1 aliphatic rings. The zero-order valence-corrected chi connectivity index (χ0v) is 12.9. The van der Waals surface area contributed by atoms with E-state index >= 15 is 0 Å². The highest BCUT2D eigenvalue weighted by molar-refractivity contribution is 5.22. The van der Waals surface area contributed by atoms with E-state index in [2.05, 4.69) is 48.5 Å². The summed E-state index contributed by atoms with van der Waals surface area (Å²) in [5, 5.41) is 3.43. The van der Waals surface area contributed by atoms with Crippen molar-refractivity contribution in [1.29, 1.82) is 0 Å². The van der Waals surface area contributed by atoms with Crippen molar-refractivity contribution >= 4 is 0 Å². The minimum absolute atomic E-state index is 0.442. The number of ether oxygens (including phenoxy) is 1. The third-order valence-electron chi connectivity index (χ3n) is 3.77. The molecule has 0 spiro atoms. The summed E-state index contributed by atoms with van der Waals surface area (Å²) >= 11 is 0. The van der Waals surface area contributed by atoms with E-state index in [4.69, 9.17) is 4.74 Å². The van der Waals surface area contributed by atoms with Gasteiger partial charge in [-0.05, 0) is 44.0 Å². The number of hydrogen-bond acceptors (Lipinski definition) is 3. The van der Waals surface area contributed by atoms with E-state index in [-0.39, 0.29) is 0 Å². The molecule has 0 radical (unpaired) electrons. The van der Waals surface area contributed by atoms with Crippen molar-refractivity contribution in [2.24, 2.45) is 0 Å². The molecule has 2 rings (SSSR count). The third kappa shape index (κ3) is 5.23. The molecule has 0 bridgehead atoms. The van der Waals surface area contributed by atoms with Crippen molar-refractivity contribution in [2.75, 3.05) is 26.7 Å². The molecule has 1 atom stereocenters. The van der Waals surface area contributed by atoms with Gasteiger partial charge < -0.3 is 10.1 Å². The summed E-state index contributed by atoms with van der Waals surface area (Å²) in [4.78, 5) is 2.36. The molecule has 0 amide bonds. The minimum Gasteiger partial charge on any atom is -0.377 e. The van der Waals surface area contributed by atoms with Crippen molar-refractivity contribution in [3.8, 4) is 0 Å². The Labute approximate surface area is 123 Å². The van der Waals surface area contributed by atoms with Crippen LogP contribution in [0.3, 0.4) is 0 Å². The molecule has 1 aromatic carbocycles. The lowest BCUT2D eigenvalue weighted by molar-refractivity contribution is 0.0793. The Balaban J connectivity index is 1.74. The number of nitrogens with one attached hydrogen (secondary N) is 1. The highest BCUT2D eigenvalue weighted by Crippen LogP contribution is 2.14. The molecule has 1 N–H and O–H groups in total. The van der Waals surface area contributed by atoms with E-state index in [0.29, 0.717) is 6.10 Å². The van der Waals surface area contributed by atoms with Gasteiger partial charge in [0.05, 0.1) is 6.10 Å². The van der Waals surface area contributed by atoms with E-state index < -0.39 is 0 Å². The molecule has 1 aromatic rings. The van der Waals surface area contributed by atoms with Crippen LogP contribution in [0.1, 0.15) is 37.3 Å². The summed E-state index contributed by atoms with van der Waals surface area (Å²) in [7, 11) is 2.18. The lowest BCUT2D eigenvalue weighted by Gasteiger charge is -2.20. The Morgan fingerprint density at radius 3 is 2.65 bits per heavy atom. The Morgan fingerprint density at radius 2 is 2.00 bits per heavy atom. The number of hydrogen-bond donors (Lipinski definition) is 1. The van der Waals surface area contributed by atoms with E-state index in [1.165, 1.54) is 30.4 Å². The molecule has 0 aromatic heterocycles. The van der Waals surface area contributed by atoms with Gasteiger partial charge in [0.1, 0.15) is 0 Å². The maximum Gasteiger partial charge on any atom is 0.0702 e. The van der Waals surface area contributed by atoms with Gasteiger partial charge in [-0.15, -0.1) is 0 Å². The summed E-state index contributed by atoms with van der Waals surface area (Å²) in [6, 6.07) is 8.96. The molecule has 1 unspecified atom stereocenters. The van der Waals surface area contributed by atoms with Crippen molar-refractivity contribution < 1.29 is 4.74 Å². The number of nitrogens with zero attached hydrogens (tertiary/aromatic N) is 1. The standard InChI is InChI=1S/C17H28N2O/c1-3-10-18-12-15-6-8-16(9-7-15)13-19(2)14-17-5-4-11-20-17/h6-9,17-18H,3-5,10-14H2,1-2H3. The van der Waals surface area contributed by atoms with Crippen LogP contribution in [0.4, 0.5) is 0 Å². The normalized spacial score (nSPS) is 18.9. The third-order valence-corrected chi connectivity index (χ3v) is 3.77. The van der Waals surface area contributed by atoms with Gasteiger partial charge in [-0.2, -0.15) is 0 Å². The first kappa shape index (κ1) is 15.5. The first-order valence-electron chi connectivity index (χ1n) is 7.86. The summed E-state index contributed by atoms with van der Waals surface area (Å²) in [6.07, 6.45) is 4.06. The Morgan fingerprint density at radius 1 is 1.25 bits per heavy atom. The smallest absolute Gasteiger partial charge is 0.0702 e. The van der Waals surface area contributed by atoms with Gasteiger partial charge in [-0.3, -0.25) is 4.90 Å². The van der Waals surface area contributed by atoms with E-state index in [0.717, 1.165) is 32.8 Å². The van der Waals surface area contributed by atoms with Crippen molar-refractivity contribution in [3.63, 3.8) is 0 Å². The molecule has 1 saturated heterocycles. The van der Waals surface area contributed by atoms with Crippen LogP contribution in [0.5, 0.6) is 0 Å². The molecule has 20 heavy (non-hydrogen) atoms. The molecule has 112 valence electrons. The molecule has 1 fully saturated rings. The first-order chi connectivity index (χ1) is 9.78. The SMILES string of the molecule is CCCNCc1ccc(CN(C)CC2CCCO2)cc1. The predicted molar refractivity (Wildman–Crippen MR) is 83.7 cm³/mol.